The first kappa shape index (κ1) is 8.81. The van der Waals surface area contributed by atoms with Crippen LogP contribution in [-0.2, 0) is 6.54 Å². The second-order valence-electron chi connectivity index (χ2n) is 2.93. The number of rotatable bonds is 4. The van der Waals surface area contributed by atoms with Crippen molar-refractivity contribution in [3.8, 4) is 5.75 Å². The van der Waals surface area contributed by atoms with Crippen LogP contribution in [0.15, 0.2) is 48.8 Å². The minimum Gasteiger partial charge on any atom is -0.492 e. The van der Waals surface area contributed by atoms with Gasteiger partial charge in [-0.2, -0.15) is 5.10 Å². The molecule has 1 aromatic heterocycles. The fourth-order valence-electron chi connectivity index (χ4n) is 1.21. The lowest BCUT2D eigenvalue weighted by molar-refractivity contribution is 0.291. The second kappa shape index (κ2) is 4.46. The predicted octanol–water partition coefficient (Wildman–Crippen LogP) is 1.96. The summed E-state index contributed by atoms with van der Waals surface area (Å²) in [5.74, 6) is 0.902. The van der Waals surface area contributed by atoms with Gasteiger partial charge in [0.1, 0.15) is 12.4 Å². The predicted molar refractivity (Wildman–Crippen MR) is 54.2 cm³/mol. The van der Waals surface area contributed by atoms with Gasteiger partial charge in [-0.3, -0.25) is 4.68 Å². The molecule has 3 heteroatoms. The normalized spacial score (nSPS) is 10.0. The molecule has 3 nitrogen and oxygen atoms in total. The molecule has 0 aliphatic heterocycles. The molecule has 0 aliphatic rings. The van der Waals surface area contributed by atoms with Gasteiger partial charge in [0.05, 0.1) is 6.54 Å². The highest BCUT2D eigenvalue weighted by Gasteiger charge is 1.92. The van der Waals surface area contributed by atoms with Crippen LogP contribution in [0.25, 0.3) is 0 Å². The van der Waals surface area contributed by atoms with Crippen LogP contribution in [0.5, 0.6) is 5.75 Å². The van der Waals surface area contributed by atoms with E-state index in [9.17, 15) is 0 Å². The van der Waals surface area contributed by atoms with Crippen molar-refractivity contribution in [3.05, 3.63) is 48.8 Å². The van der Waals surface area contributed by atoms with E-state index < -0.39 is 0 Å². The van der Waals surface area contributed by atoms with Gasteiger partial charge < -0.3 is 4.74 Å². The van der Waals surface area contributed by atoms with Crippen molar-refractivity contribution in [3.63, 3.8) is 0 Å². The Labute approximate surface area is 82.9 Å². The maximum Gasteiger partial charge on any atom is 0.119 e. The Hall–Kier alpha value is -1.77. The average molecular weight is 188 g/mol. The van der Waals surface area contributed by atoms with Gasteiger partial charge in [-0.15, -0.1) is 0 Å². The molecule has 0 fully saturated rings. The van der Waals surface area contributed by atoms with E-state index in [2.05, 4.69) is 5.10 Å². The highest BCUT2D eigenvalue weighted by molar-refractivity contribution is 5.20. The third-order valence-electron chi connectivity index (χ3n) is 1.89. The lowest BCUT2D eigenvalue weighted by Gasteiger charge is -2.05. The molecular formula is C11H12N2O. The van der Waals surface area contributed by atoms with Gasteiger partial charge in [0, 0.05) is 12.4 Å². The van der Waals surface area contributed by atoms with Crippen LogP contribution in [-0.4, -0.2) is 16.4 Å². The van der Waals surface area contributed by atoms with Crippen LogP contribution < -0.4 is 4.74 Å². The Morgan fingerprint density at radius 2 is 2.00 bits per heavy atom. The van der Waals surface area contributed by atoms with E-state index in [0.29, 0.717) is 6.61 Å². The van der Waals surface area contributed by atoms with E-state index in [-0.39, 0.29) is 0 Å². The summed E-state index contributed by atoms with van der Waals surface area (Å²) < 4.78 is 7.37. The molecule has 14 heavy (non-hydrogen) atoms. The molecule has 0 bridgehead atoms. The molecule has 72 valence electrons. The Kier molecular flexibility index (Phi) is 2.81. The Balaban J connectivity index is 1.79. The molecule has 1 aromatic carbocycles. The largest absolute Gasteiger partial charge is 0.492 e. The molecule has 2 aromatic rings. The summed E-state index contributed by atoms with van der Waals surface area (Å²) in [5.41, 5.74) is 0. The monoisotopic (exact) mass is 188 g/mol. The van der Waals surface area contributed by atoms with Crippen LogP contribution in [0.4, 0.5) is 0 Å². The lowest BCUT2D eigenvalue weighted by atomic mass is 10.3. The maximum atomic E-state index is 5.52. The number of para-hydroxylation sites is 1. The van der Waals surface area contributed by atoms with E-state index in [1.54, 1.807) is 6.20 Å². The fraction of sp³-hybridized carbons (Fsp3) is 0.182. The van der Waals surface area contributed by atoms with E-state index >= 15 is 0 Å². The SMILES string of the molecule is c1ccc(OCCn2cccn2)cc1. The molecule has 0 amide bonds. The number of ether oxygens (including phenoxy) is 1. The first-order valence-electron chi connectivity index (χ1n) is 4.60. The van der Waals surface area contributed by atoms with Crippen LogP contribution in [0.3, 0.4) is 0 Å². The van der Waals surface area contributed by atoms with Gasteiger partial charge in [-0.25, -0.2) is 0 Å². The molecule has 1 heterocycles. The number of aromatic nitrogens is 2. The van der Waals surface area contributed by atoms with E-state index in [1.807, 2.05) is 47.3 Å². The van der Waals surface area contributed by atoms with E-state index in [4.69, 9.17) is 4.74 Å². The van der Waals surface area contributed by atoms with Crippen molar-refractivity contribution in [2.75, 3.05) is 6.61 Å². The van der Waals surface area contributed by atoms with Crippen molar-refractivity contribution < 1.29 is 4.74 Å². The summed E-state index contributed by atoms with van der Waals surface area (Å²) in [6, 6.07) is 11.7. The van der Waals surface area contributed by atoms with Crippen molar-refractivity contribution in [1.29, 1.82) is 0 Å². The minimum atomic E-state index is 0.645. The number of nitrogens with zero attached hydrogens (tertiary/aromatic N) is 2. The molecule has 0 radical (unpaired) electrons. The summed E-state index contributed by atoms with van der Waals surface area (Å²) in [4.78, 5) is 0. The van der Waals surface area contributed by atoms with Crippen molar-refractivity contribution >= 4 is 0 Å². The van der Waals surface area contributed by atoms with Gasteiger partial charge >= 0.3 is 0 Å². The Morgan fingerprint density at radius 3 is 2.71 bits per heavy atom. The van der Waals surface area contributed by atoms with Crippen LogP contribution in [0, 0.1) is 0 Å². The smallest absolute Gasteiger partial charge is 0.119 e. The molecule has 0 saturated heterocycles. The number of hydrogen-bond acceptors (Lipinski definition) is 2. The molecule has 0 atom stereocenters. The zero-order valence-corrected chi connectivity index (χ0v) is 7.84. The van der Waals surface area contributed by atoms with E-state index in [1.165, 1.54) is 0 Å². The van der Waals surface area contributed by atoms with E-state index in [0.717, 1.165) is 12.3 Å². The second-order valence-corrected chi connectivity index (χ2v) is 2.93. The molecule has 0 spiro atoms. The fourth-order valence-corrected chi connectivity index (χ4v) is 1.21. The summed E-state index contributed by atoms with van der Waals surface area (Å²) in [6.07, 6.45) is 3.69. The zero-order chi connectivity index (χ0) is 9.64. The van der Waals surface area contributed by atoms with Crippen molar-refractivity contribution in [2.24, 2.45) is 0 Å². The van der Waals surface area contributed by atoms with Gasteiger partial charge in [-0.05, 0) is 18.2 Å². The summed E-state index contributed by atoms with van der Waals surface area (Å²) in [7, 11) is 0. The third kappa shape index (κ3) is 2.36. The highest BCUT2D eigenvalue weighted by atomic mass is 16.5. The number of hydrogen-bond donors (Lipinski definition) is 0. The first-order chi connectivity index (χ1) is 6.95. The first-order valence-corrected chi connectivity index (χ1v) is 4.60. The highest BCUT2D eigenvalue weighted by Crippen LogP contribution is 2.07. The molecule has 0 unspecified atom stereocenters. The average Bonchev–Trinajstić information content (AvgIpc) is 2.72. The summed E-state index contributed by atoms with van der Waals surface area (Å²) in [6.45, 7) is 1.42. The van der Waals surface area contributed by atoms with Crippen LogP contribution in [0.2, 0.25) is 0 Å². The number of benzene rings is 1. The molecule has 0 N–H and O–H groups in total. The minimum absolute atomic E-state index is 0.645. The standard InChI is InChI=1S/C11H12N2O/c1-2-5-11(6-3-1)14-10-9-13-8-4-7-12-13/h1-8H,9-10H2. The third-order valence-corrected chi connectivity index (χ3v) is 1.89. The van der Waals surface area contributed by atoms with Crippen molar-refractivity contribution in [2.45, 2.75) is 6.54 Å². The maximum absolute atomic E-state index is 5.52. The van der Waals surface area contributed by atoms with Gasteiger partial charge in [-0.1, -0.05) is 18.2 Å². The molecule has 0 aliphatic carbocycles. The Bertz CT molecular complexity index is 356. The van der Waals surface area contributed by atoms with Crippen molar-refractivity contribution in [1.82, 2.24) is 9.78 Å². The van der Waals surface area contributed by atoms with Crippen LogP contribution in [0.1, 0.15) is 0 Å². The molecule has 0 saturated carbocycles. The summed E-state index contributed by atoms with van der Waals surface area (Å²) >= 11 is 0. The van der Waals surface area contributed by atoms with Gasteiger partial charge in [0.2, 0.25) is 0 Å². The quantitative estimate of drug-likeness (QED) is 0.733. The van der Waals surface area contributed by atoms with Gasteiger partial charge in [0.25, 0.3) is 0 Å². The lowest BCUT2D eigenvalue weighted by Crippen LogP contribution is -2.08. The van der Waals surface area contributed by atoms with Gasteiger partial charge in [0.15, 0.2) is 0 Å². The Morgan fingerprint density at radius 1 is 1.14 bits per heavy atom. The molecular weight excluding hydrogens is 176 g/mol. The topological polar surface area (TPSA) is 27.1 Å². The molecule has 2 rings (SSSR count). The zero-order valence-electron chi connectivity index (χ0n) is 7.84. The van der Waals surface area contributed by atoms with Crippen LogP contribution >= 0.6 is 0 Å². The summed E-state index contributed by atoms with van der Waals surface area (Å²) in [5, 5.41) is 4.08.